The fourth-order valence-corrected chi connectivity index (χ4v) is 3.48. The van der Waals surface area contributed by atoms with Crippen LogP contribution in [-0.4, -0.2) is 18.4 Å². The largest absolute Gasteiger partial charge is 0.326 e. The van der Waals surface area contributed by atoms with Crippen molar-refractivity contribution in [3.8, 4) is 0 Å². The van der Waals surface area contributed by atoms with Gasteiger partial charge < -0.3 is 10.2 Å². The topological polar surface area (TPSA) is 49.4 Å². The lowest BCUT2D eigenvalue weighted by molar-refractivity contribution is -0.122. The molecule has 4 nitrogen and oxygen atoms in total. The van der Waals surface area contributed by atoms with E-state index in [1.807, 2.05) is 56.3 Å². The summed E-state index contributed by atoms with van der Waals surface area (Å²) >= 11 is 3.43. The molecule has 2 amide bonds. The molecule has 5 heteroatoms. The molecule has 124 valence electrons. The molecular weight excluding hydrogens is 368 g/mol. The number of hydrogen-bond donors (Lipinski definition) is 1. The highest BCUT2D eigenvalue weighted by atomic mass is 79.9. The zero-order valence-electron chi connectivity index (χ0n) is 13.7. The van der Waals surface area contributed by atoms with E-state index >= 15 is 0 Å². The molecule has 1 N–H and O–H groups in total. The number of nitrogens with one attached hydrogen (secondary N) is 1. The Morgan fingerprint density at radius 1 is 1.21 bits per heavy atom. The fourth-order valence-electron chi connectivity index (χ4n) is 3.00. The zero-order chi connectivity index (χ0) is 17.3. The molecule has 0 aliphatic carbocycles. The first-order chi connectivity index (χ1) is 11.4. The Morgan fingerprint density at radius 3 is 2.71 bits per heavy atom. The third-order valence-electron chi connectivity index (χ3n) is 4.23. The van der Waals surface area contributed by atoms with E-state index in [1.54, 1.807) is 4.90 Å². The maximum atomic E-state index is 12.5. The molecule has 24 heavy (non-hydrogen) atoms. The Morgan fingerprint density at radius 2 is 2.00 bits per heavy atom. The zero-order valence-corrected chi connectivity index (χ0v) is 15.3. The van der Waals surface area contributed by atoms with Gasteiger partial charge in [-0.25, -0.2) is 0 Å². The lowest BCUT2D eigenvalue weighted by Crippen LogP contribution is -2.28. The van der Waals surface area contributed by atoms with Crippen LogP contribution in [0.3, 0.4) is 0 Å². The number of anilines is 2. The Balaban J connectivity index is 1.73. The first-order valence-electron chi connectivity index (χ1n) is 7.88. The van der Waals surface area contributed by atoms with E-state index in [-0.39, 0.29) is 24.2 Å². The SMILES string of the molecule is Cc1cccc(NC(=O)C2CC(=O)N(c3ccc(Br)cc3C)C2)c1. The van der Waals surface area contributed by atoms with Gasteiger partial charge in [-0.1, -0.05) is 28.1 Å². The second-order valence-electron chi connectivity index (χ2n) is 6.19. The summed E-state index contributed by atoms with van der Waals surface area (Å²) in [4.78, 5) is 26.6. The van der Waals surface area contributed by atoms with Gasteiger partial charge in [0.15, 0.2) is 0 Å². The summed E-state index contributed by atoms with van der Waals surface area (Å²) in [7, 11) is 0. The van der Waals surface area contributed by atoms with Crippen molar-refractivity contribution in [2.75, 3.05) is 16.8 Å². The van der Waals surface area contributed by atoms with Crippen molar-refractivity contribution in [1.82, 2.24) is 0 Å². The molecule has 1 heterocycles. The monoisotopic (exact) mass is 386 g/mol. The number of carbonyl (C=O) groups is 2. The quantitative estimate of drug-likeness (QED) is 0.864. The van der Waals surface area contributed by atoms with Crippen molar-refractivity contribution in [3.63, 3.8) is 0 Å². The van der Waals surface area contributed by atoms with Gasteiger partial charge in [-0.15, -0.1) is 0 Å². The number of hydrogen-bond acceptors (Lipinski definition) is 2. The molecule has 1 unspecified atom stereocenters. The minimum absolute atomic E-state index is 0.00943. The number of nitrogens with zero attached hydrogens (tertiary/aromatic N) is 1. The Labute approximate surface area is 150 Å². The summed E-state index contributed by atoms with van der Waals surface area (Å²) in [5, 5.41) is 2.92. The minimum atomic E-state index is -0.332. The van der Waals surface area contributed by atoms with Crippen LogP contribution in [0, 0.1) is 19.8 Å². The summed E-state index contributed by atoms with van der Waals surface area (Å²) in [6, 6.07) is 13.5. The van der Waals surface area contributed by atoms with Gasteiger partial charge in [0.2, 0.25) is 11.8 Å². The first-order valence-corrected chi connectivity index (χ1v) is 8.67. The van der Waals surface area contributed by atoms with Gasteiger partial charge >= 0.3 is 0 Å². The van der Waals surface area contributed by atoms with E-state index < -0.39 is 0 Å². The van der Waals surface area contributed by atoms with Crippen molar-refractivity contribution < 1.29 is 9.59 Å². The average molecular weight is 387 g/mol. The van der Waals surface area contributed by atoms with Crippen LogP contribution in [0.2, 0.25) is 0 Å². The molecule has 1 atom stereocenters. The standard InChI is InChI=1S/C19H19BrN2O2/c1-12-4-3-5-16(8-12)21-19(24)14-10-18(23)22(11-14)17-7-6-15(20)9-13(17)2/h3-9,14H,10-11H2,1-2H3,(H,21,24). The summed E-state index contributed by atoms with van der Waals surface area (Å²) in [6.45, 7) is 4.36. The van der Waals surface area contributed by atoms with E-state index in [2.05, 4.69) is 21.2 Å². The number of rotatable bonds is 3. The average Bonchev–Trinajstić information content (AvgIpc) is 2.89. The summed E-state index contributed by atoms with van der Waals surface area (Å²) in [6.07, 6.45) is 0.243. The van der Waals surface area contributed by atoms with E-state index in [1.165, 1.54) is 0 Å². The molecule has 0 bridgehead atoms. The van der Waals surface area contributed by atoms with E-state index in [4.69, 9.17) is 0 Å². The second-order valence-corrected chi connectivity index (χ2v) is 7.11. The fraction of sp³-hybridized carbons (Fsp3) is 0.263. The van der Waals surface area contributed by atoms with Crippen LogP contribution in [-0.2, 0) is 9.59 Å². The molecule has 0 spiro atoms. The third kappa shape index (κ3) is 3.51. The van der Waals surface area contributed by atoms with E-state index in [0.29, 0.717) is 6.54 Å². The van der Waals surface area contributed by atoms with Crippen LogP contribution < -0.4 is 10.2 Å². The van der Waals surface area contributed by atoms with Crippen molar-refractivity contribution in [2.24, 2.45) is 5.92 Å². The number of aryl methyl sites for hydroxylation is 2. The lowest BCUT2D eigenvalue weighted by Gasteiger charge is -2.19. The van der Waals surface area contributed by atoms with Gasteiger partial charge in [0.25, 0.3) is 0 Å². The highest BCUT2D eigenvalue weighted by Crippen LogP contribution is 2.30. The number of benzene rings is 2. The molecule has 0 radical (unpaired) electrons. The van der Waals surface area contributed by atoms with Crippen molar-refractivity contribution in [3.05, 3.63) is 58.1 Å². The predicted octanol–water partition coefficient (Wildman–Crippen LogP) is 4.06. The minimum Gasteiger partial charge on any atom is -0.326 e. The molecule has 0 saturated carbocycles. The highest BCUT2D eigenvalue weighted by molar-refractivity contribution is 9.10. The van der Waals surface area contributed by atoms with Gasteiger partial charge in [-0.3, -0.25) is 9.59 Å². The molecule has 1 aliphatic heterocycles. The molecule has 1 fully saturated rings. The maximum Gasteiger partial charge on any atom is 0.229 e. The van der Waals surface area contributed by atoms with Crippen molar-refractivity contribution in [1.29, 1.82) is 0 Å². The van der Waals surface area contributed by atoms with Gasteiger partial charge in [0.1, 0.15) is 0 Å². The number of amides is 2. The maximum absolute atomic E-state index is 12.5. The number of halogens is 1. The van der Waals surface area contributed by atoms with Crippen LogP contribution in [0.25, 0.3) is 0 Å². The van der Waals surface area contributed by atoms with Gasteiger partial charge in [-0.2, -0.15) is 0 Å². The van der Waals surface area contributed by atoms with E-state index in [9.17, 15) is 9.59 Å². The van der Waals surface area contributed by atoms with Crippen LogP contribution >= 0.6 is 15.9 Å². The molecule has 2 aromatic rings. The van der Waals surface area contributed by atoms with Gasteiger partial charge in [0.05, 0.1) is 5.92 Å². The van der Waals surface area contributed by atoms with Gasteiger partial charge in [0, 0.05) is 28.8 Å². The normalized spacial score (nSPS) is 17.2. The summed E-state index contributed by atoms with van der Waals surface area (Å²) in [5.41, 5.74) is 3.74. The molecule has 1 saturated heterocycles. The predicted molar refractivity (Wildman–Crippen MR) is 99.1 cm³/mol. The van der Waals surface area contributed by atoms with Crippen LogP contribution in [0.4, 0.5) is 11.4 Å². The van der Waals surface area contributed by atoms with Crippen LogP contribution in [0.15, 0.2) is 46.9 Å². The smallest absolute Gasteiger partial charge is 0.229 e. The third-order valence-corrected chi connectivity index (χ3v) is 4.72. The Bertz CT molecular complexity index is 804. The molecular formula is C19H19BrN2O2. The molecule has 2 aromatic carbocycles. The highest BCUT2D eigenvalue weighted by Gasteiger charge is 2.35. The first kappa shape index (κ1) is 16.7. The number of carbonyl (C=O) groups excluding carboxylic acids is 2. The summed E-state index contributed by atoms with van der Waals surface area (Å²) < 4.78 is 0.976. The molecule has 1 aliphatic rings. The van der Waals surface area contributed by atoms with E-state index in [0.717, 1.165) is 27.0 Å². The summed E-state index contributed by atoms with van der Waals surface area (Å²) in [5.74, 6) is -0.447. The van der Waals surface area contributed by atoms with Gasteiger partial charge in [-0.05, 0) is 55.3 Å². The molecule has 0 aromatic heterocycles. The van der Waals surface area contributed by atoms with Crippen molar-refractivity contribution in [2.45, 2.75) is 20.3 Å². The second kappa shape index (κ2) is 6.77. The van der Waals surface area contributed by atoms with Crippen LogP contribution in [0.1, 0.15) is 17.5 Å². The van der Waals surface area contributed by atoms with Crippen LogP contribution in [0.5, 0.6) is 0 Å². The Kier molecular flexibility index (Phi) is 4.71. The lowest BCUT2D eigenvalue weighted by atomic mass is 10.1. The van der Waals surface area contributed by atoms with Crippen molar-refractivity contribution >= 4 is 39.1 Å². The Hall–Kier alpha value is -2.14. The molecule has 3 rings (SSSR count).